The molecule has 2 atom stereocenters. The summed E-state index contributed by atoms with van der Waals surface area (Å²) in [5.41, 5.74) is 0.485. The van der Waals surface area contributed by atoms with E-state index >= 15 is 0 Å². The van der Waals surface area contributed by atoms with Gasteiger partial charge >= 0.3 is 0 Å². The highest BCUT2D eigenvalue weighted by atomic mass is 15.1. The lowest BCUT2D eigenvalue weighted by Gasteiger charge is -2.37. The lowest BCUT2D eigenvalue weighted by atomic mass is 9.88. The molecule has 0 radical (unpaired) electrons. The van der Waals surface area contributed by atoms with E-state index in [-0.39, 0.29) is 0 Å². The van der Waals surface area contributed by atoms with Gasteiger partial charge in [0.05, 0.1) is 0 Å². The second-order valence-corrected chi connectivity index (χ2v) is 7.22. The summed E-state index contributed by atoms with van der Waals surface area (Å²) in [7, 11) is 0. The average Bonchev–Trinajstić information content (AvgIpc) is 2.79. The van der Waals surface area contributed by atoms with E-state index in [0.717, 1.165) is 12.0 Å². The van der Waals surface area contributed by atoms with Crippen LogP contribution < -0.4 is 5.32 Å². The van der Waals surface area contributed by atoms with Gasteiger partial charge in [0.25, 0.3) is 0 Å². The van der Waals surface area contributed by atoms with Gasteiger partial charge < -0.3 is 10.2 Å². The molecule has 0 bridgehead atoms. The predicted molar refractivity (Wildman–Crippen MR) is 74.3 cm³/mol. The van der Waals surface area contributed by atoms with E-state index in [1.807, 2.05) is 0 Å². The first-order valence-corrected chi connectivity index (χ1v) is 7.50. The summed E-state index contributed by atoms with van der Waals surface area (Å²) in [5.74, 6) is 0.922. The molecule has 2 aliphatic heterocycles. The van der Waals surface area contributed by atoms with Crippen LogP contribution in [0.2, 0.25) is 0 Å². The molecule has 2 unspecified atom stereocenters. The Balaban J connectivity index is 1.76. The lowest BCUT2D eigenvalue weighted by Crippen LogP contribution is -2.44. The first kappa shape index (κ1) is 13.4. The standard InChI is InChI=1S/C15H30N2/c1-15(2,3)8-11-17-10-5-6-13(12-17)14-7-4-9-16-14/h13-14,16H,4-12H2,1-3H3. The highest BCUT2D eigenvalue weighted by Crippen LogP contribution is 2.26. The molecule has 2 heteroatoms. The van der Waals surface area contributed by atoms with Crippen LogP contribution in [0.4, 0.5) is 0 Å². The number of piperidine rings is 1. The minimum Gasteiger partial charge on any atom is -0.314 e. The maximum atomic E-state index is 3.69. The van der Waals surface area contributed by atoms with Gasteiger partial charge in [-0.25, -0.2) is 0 Å². The third-order valence-electron chi connectivity index (χ3n) is 4.39. The van der Waals surface area contributed by atoms with Crippen molar-refractivity contribution in [3.05, 3.63) is 0 Å². The molecule has 0 aliphatic carbocycles. The Morgan fingerprint density at radius 2 is 2.00 bits per heavy atom. The first-order chi connectivity index (χ1) is 8.04. The van der Waals surface area contributed by atoms with Gasteiger partial charge in [-0.3, -0.25) is 0 Å². The Morgan fingerprint density at radius 3 is 2.65 bits per heavy atom. The van der Waals surface area contributed by atoms with Crippen molar-refractivity contribution in [2.75, 3.05) is 26.2 Å². The second kappa shape index (κ2) is 5.71. The molecule has 2 nitrogen and oxygen atoms in total. The number of hydrogen-bond donors (Lipinski definition) is 1. The van der Waals surface area contributed by atoms with Crippen LogP contribution in [0.15, 0.2) is 0 Å². The molecule has 2 heterocycles. The van der Waals surface area contributed by atoms with Crippen LogP contribution in [0, 0.1) is 11.3 Å². The number of nitrogens with one attached hydrogen (secondary N) is 1. The Kier molecular flexibility index (Phi) is 4.48. The van der Waals surface area contributed by atoms with Crippen molar-refractivity contribution >= 4 is 0 Å². The molecule has 100 valence electrons. The molecule has 2 aliphatic rings. The summed E-state index contributed by atoms with van der Waals surface area (Å²) in [6.07, 6.45) is 7.00. The van der Waals surface area contributed by atoms with E-state index in [9.17, 15) is 0 Å². The van der Waals surface area contributed by atoms with Crippen molar-refractivity contribution in [1.82, 2.24) is 10.2 Å². The van der Waals surface area contributed by atoms with E-state index in [1.54, 1.807) is 0 Å². The van der Waals surface area contributed by atoms with Crippen molar-refractivity contribution in [1.29, 1.82) is 0 Å². The van der Waals surface area contributed by atoms with Crippen LogP contribution in [0.1, 0.15) is 52.9 Å². The summed E-state index contributed by atoms with van der Waals surface area (Å²) in [5, 5.41) is 3.69. The summed E-state index contributed by atoms with van der Waals surface area (Å²) < 4.78 is 0. The highest BCUT2D eigenvalue weighted by Gasteiger charge is 2.29. The molecule has 0 spiro atoms. The van der Waals surface area contributed by atoms with Crippen LogP contribution >= 0.6 is 0 Å². The van der Waals surface area contributed by atoms with Crippen molar-refractivity contribution in [2.24, 2.45) is 11.3 Å². The zero-order valence-electron chi connectivity index (χ0n) is 12.0. The Labute approximate surface area is 107 Å². The molecule has 1 N–H and O–H groups in total. The van der Waals surface area contributed by atoms with Gasteiger partial charge in [-0.1, -0.05) is 20.8 Å². The van der Waals surface area contributed by atoms with Crippen molar-refractivity contribution in [3.8, 4) is 0 Å². The molecule has 0 aromatic heterocycles. The fraction of sp³-hybridized carbons (Fsp3) is 1.00. The molecule has 17 heavy (non-hydrogen) atoms. The van der Waals surface area contributed by atoms with Gasteiger partial charge in [0.15, 0.2) is 0 Å². The minimum atomic E-state index is 0.485. The molecular weight excluding hydrogens is 208 g/mol. The van der Waals surface area contributed by atoms with E-state index < -0.39 is 0 Å². The number of rotatable bonds is 3. The molecule has 2 saturated heterocycles. The fourth-order valence-electron chi connectivity index (χ4n) is 3.23. The van der Waals surface area contributed by atoms with Gasteiger partial charge in [-0.15, -0.1) is 0 Å². The van der Waals surface area contributed by atoms with Crippen molar-refractivity contribution in [3.63, 3.8) is 0 Å². The largest absolute Gasteiger partial charge is 0.314 e. The van der Waals surface area contributed by atoms with Gasteiger partial charge in [-0.2, -0.15) is 0 Å². The van der Waals surface area contributed by atoms with Gasteiger partial charge in [0.1, 0.15) is 0 Å². The van der Waals surface area contributed by atoms with E-state index in [4.69, 9.17) is 0 Å². The third kappa shape index (κ3) is 4.26. The molecular formula is C15H30N2. The van der Waals surface area contributed by atoms with Crippen molar-refractivity contribution < 1.29 is 0 Å². The Hall–Kier alpha value is -0.0800. The predicted octanol–water partition coefficient (Wildman–Crippen LogP) is 2.89. The molecule has 0 amide bonds. The Morgan fingerprint density at radius 1 is 1.18 bits per heavy atom. The van der Waals surface area contributed by atoms with Crippen molar-refractivity contribution in [2.45, 2.75) is 58.9 Å². The third-order valence-corrected chi connectivity index (χ3v) is 4.39. The van der Waals surface area contributed by atoms with E-state index in [1.165, 1.54) is 58.3 Å². The summed E-state index contributed by atoms with van der Waals surface area (Å²) in [4.78, 5) is 2.71. The molecule has 0 aromatic rings. The topological polar surface area (TPSA) is 15.3 Å². The van der Waals surface area contributed by atoms with Crippen LogP contribution in [-0.4, -0.2) is 37.1 Å². The van der Waals surface area contributed by atoms with E-state index in [0.29, 0.717) is 5.41 Å². The lowest BCUT2D eigenvalue weighted by molar-refractivity contribution is 0.136. The van der Waals surface area contributed by atoms with Crippen LogP contribution in [0.5, 0.6) is 0 Å². The monoisotopic (exact) mass is 238 g/mol. The Bertz CT molecular complexity index is 226. The van der Waals surface area contributed by atoms with Gasteiger partial charge in [0.2, 0.25) is 0 Å². The zero-order valence-corrected chi connectivity index (χ0v) is 12.0. The number of nitrogens with zero attached hydrogens (tertiary/aromatic N) is 1. The highest BCUT2D eigenvalue weighted by molar-refractivity contribution is 4.86. The summed E-state index contributed by atoms with van der Waals surface area (Å²) >= 11 is 0. The van der Waals surface area contributed by atoms with Gasteiger partial charge in [0, 0.05) is 12.6 Å². The SMILES string of the molecule is CC(C)(C)CCN1CCCC(C2CCCN2)C1. The number of likely N-dealkylation sites (tertiary alicyclic amines) is 1. The maximum absolute atomic E-state index is 3.69. The van der Waals surface area contributed by atoms with Crippen LogP contribution in [-0.2, 0) is 0 Å². The maximum Gasteiger partial charge on any atom is 0.0108 e. The molecule has 2 fully saturated rings. The molecule has 0 aromatic carbocycles. The summed E-state index contributed by atoms with van der Waals surface area (Å²) in [6, 6.07) is 0.826. The zero-order chi connectivity index (χ0) is 12.3. The molecule has 2 rings (SSSR count). The first-order valence-electron chi connectivity index (χ1n) is 7.50. The van der Waals surface area contributed by atoms with Crippen LogP contribution in [0.25, 0.3) is 0 Å². The number of hydrogen-bond acceptors (Lipinski definition) is 2. The smallest absolute Gasteiger partial charge is 0.0108 e. The normalized spacial score (nSPS) is 31.9. The fourth-order valence-corrected chi connectivity index (χ4v) is 3.23. The minimum absolute atomic E-state index is 0.485. The second-order valence-electron chi connectivity index (χ2n) is 7.22. The van der Waals surface area contributed by atoms with Gasteiger partial charge in [-0.05, 0) is 63.1 Å². The average molecular weight is 238 g/mol. The van der Waals surface area contributed by atoms with E-state index in [2.05, 4.69) is 31.0 Å². The molecule has 0 saturated carbocycles. The summed E-state index contributed by atoms with van der Waals surface area (Å²) in [6.45, 7) is 12.3. The quantitative estimate of drug-likeness (QED) is 0.813. The van der Waals surface area contributed by atoms with Crippen LogP contribution in [0.3, 0.4) is 0 Å².